The largest absolute Gasteiger partial charge is 0.444 e. The van der Waals surface area contributed by atoms with E-state index in [2.05, 4.69) is 25.6 Å². The van der Waals surface area contributed by atoms with Crippen molar-refractivity contribution in [2.45, 2.75) is 20.0 Å². The maximum atomic E-state index is 5.57. The number of halogens is 1. The van der Waals surface area contributed by atoms with Gasteiger partial charge < -0.3 is 20.0 Å². The minimum Gasteiger partial charge on any atom is -0.444 e. The Hall–Kier alpha value is -2.14. The molecule has 0 atom stereocenters. The Labute approximate surface area is 186 Å². The SMILES string of the molecule is CCNC(=NCc1csc(N(C)C)n1)NCc1coc(-c2ccccc2)n1.I. The Morgan fingerprint density at radius 1 is 1.14 bits per heavy atom. The van der Waals surface area contributed by atoms with E-state index < -0.39 is 0 Å². The lowest BCUT2D eigenvalue weighted by molar-refractivity contribution is 0.572. The summed E-state index contributed by atoms with van der Waals surface area (Å²) in [6, 6.07) is 9.86. The van der Waals surface area contributed by atoms with Gasteiger partial charge in [-0.15, -0.1) is 35.3 Å². The van der Waals surface area contributed by atoms with E-state index in [0.29, 0.717) is 19.0 Å². The summed E-state index contributed by atoms with van der Waals surface area (Å²) in [4.78, 5) is 15.7. The van der Waals surface area contributed by atoms with E-state index in [-0.39, 0.29) is 24.0 Å². The summed E-state index contributed by atoms with van der Waals surface area (Å²) < 4.78 is 5.57. The summed E-state index contributed by atoms with van der Waals surface area (Å²) in [5, 5.41) is 9.53. The number of guanidine groups is 1. The first-order valence-corrected chi connectivity index (χ1v) is 9.67. The van der Waals surface area contributed by atoms with Crippen LogP contribution in [0.4, 0.5) is 5.13 Å². The van der Waals surface area contributed by atoms with Crippen molar-refractivity contribution in [1.82, 2.24) is 20.6 Å². The number of rotatable bonds is 7. The maximum Gasteiger partial charge on any atom is 0.226 e. The Balaban J connectivity index is 0.00000280. The molecule has 0 fully saturated rings. The molecule has 28 heavy (non-hydrogen) atoms. The fourth-order valence-electron chi connectivity index (χ4n) is 2.35. The number of nitrogens with one attached hydrogen (secondary N) is 2. The minimum absolute atomic E-state index is 0. The van der Waals surface area contributed by atoms with Crippen LogP contribution in [0.1, 0.15) is 18.3 Å². The zero-order chi connectivity index (χ0) is 19.1. The van der Waals surface area contributed by atoms with Crippen LogP contribution in [-0.2, 0) is 13.1 Å². The second-order valence-electron chi connectivity index (χ2n) is 6.07. The standard InChI is InChI=1S/C19H24N6OS.HI/c1-4-20-18(22-11-16-13-27-19(24-16)25(2)3)21-10-15-12-26-17(23-15)14-8-6-5-7-9-14;/h5-9,12-13H,4,10-11H2,1-3H3,(H2,20,21,22);1H. The molecule has 150 valence electrons. The van der Waals surface area contributed by atoms with Gasteiger partial charge in [-0.3, -0.25) is 0 Å². The first kappa shape index (κ1) is 22.2. The van der Waals surface area contributed by atoms with E-state index in [4.69, 9.17) is 4.42 Å². The minimum atomic E-state index is 0. The van der Waals surface area contributed by atoms with Gasteiger partial charge in [0.1, 0.15) is 6.26 Å². The molecule has 0 aliphatic heterocycles. The van der Waals surface area contributed by atoms with Crippen LogP contribution >= 0.6 is 35.3 Å². The molecule has 0 saturated carbocycles. The number of aliphatic imine (C=N–C) groups is 1. The molecule has 0 radical (unpaired) electrons. The number of oxazole rings is 1. The normalized spacial score (nSPS) is 11.0. The van der Waals surface area contributed by atoms with Crippen LogP contribution in [0.2, 0.25) is 0 Å². The summed E-state index contributed by atoms with van der Waals surface area (Å²) in [5.74, 6) is 1.34. The number of aromatic nitrogens is 2. The average molecular weight is 512 g/mol. The van der Waals surface area contributed by atoms with Gasteiger partial charge >= 0.3 is 0 Å². The molecule has 0 saturated heterocycles. The van der Waals surface area contributed by atoms with Crippen molar-refractivity contribution in [3.63, 3.8) is 0 Å². The van der Waals surface area contributed by atoms with Crippen molar-refractivity contribution < 1.29 is 4.42 Å². The second-order valence-corrected chi connectivity index (χ2v) is 6.91. The predicted molar refractivity (Wildman–Crippen MR) is 125 cm³/mol. The molecule has 0 aliphatic rings. The van der Waals surface area contributed by atoms with Crippen LogP contribution in [0.15, 0.2) is 51.4 Å². The monoisotopic (exact) mass is 512 g/mol. The molecule has 2 aromatic heterocycles. The van der Waals surface area contributed by atoms with Crippen LogP contribution in [0, 0.1) is 0 Å². The number of thiazole rings is 1. The third-order valence-electron chi connectivity index (χ3n) is 3.68. The number of nitrogens with zero attached hydrogens (tertiary/aromatic N) is 4. The molecule has 0 amide bonds. The molecule has 9 heteroatoms. The maximum absolute atomic E-state index is 5.57. The zero-order valence-corrected chi connectivity index (χ0v) is 19.3. The highest BCUT2D eigenvalue weighted by Gasteiger charge is 2.08. The molecule has 3 rings (SSSR count). The predicted octanol–water partition coefficient (Wildman–Crippen LogP) is 3.74. The molecule has 0 bridgehead atoms. The Morgan fingerprint density at radius 3 is 2.61 bits per heavy atom. The van der Waals surface area contributed by atoms with E-state index in [1.54, 1.807) is 17.6 Å². The molecule has 0 spiro atoms. The van der Waals surface area contributed by atoms with Crippen molar-refractivity contribution in [1.29, 1.82) is 0 Å². The van der Waals surface area contributed by atoms with Crippen molar-refractivity contribution >= 4 is 46.4 Å². The van der Waals surface area contributed by atoms with Crippen molar-refractivity contribution in [2.75, 3.05) is 25.5 Å². The van der Waals surface area contributed by atoms with Gasteiger partial charge in [0.25, 0.3) is 0 Å². The zero-order valence-electron chi connectivity index (χ0n) is 16.2. The van der Waals surface area contributed by atoms with Gasteiger partial charge in [0.05, 0.1) is 24.5 Å². The van der Waals surface area contributed by atoms with Gasteiger partial charge in [0.15, 0.2) is 11.1 Å². The van der Waals surface area contributed by atoms with Gasteiger partial charge in [-0.25, -0.2) is 15.0 Å². The third-order valence-corrected chi connectivity index (χ3v) is 4.73. The van der Waals surface area contributed by atoms with Crippen LogP contribution in [0.25, 0.3) is 11.5 Å². The molecule has 7 nitrogen and oxygen atoms in total. The molecule has 0 unspecified atom stereocenters. The Morgan fingerprint density at radius 2 is 1.93 bits per heavy atom. The molecule has 3 aromatic rings. The molecular formula is C19H25IN6OS. The fourth-order valence-corrected chi connectivity index (χ4v) is 3.10. The van der Waals surface area contributed by atoms with Crippen LogP contribution in [0.5, 0.6) is 0 Å². The topological polar surface area (TPSA) is 78.6 Å². The number of benzene rings is 1. The fraction of sp³-hybridized carbons (Fsp3) is 0.316. The van der Waals surface area contributed by atoms with Crippen molar-refractivity contribution in [3.8, 4) is 11.5 Å². The lowest BCUT2D eigenvalue weighted by Gasteiger charge is -2.09. The summed E-state index contributed by atoms with van der Waals surface area (Å²) >= 11 is 1.62. The van der Waals surface area contributed by atoms with Gasteiger partial charge in [0, 0.05) is 31.6 Å². The summed E-state index contributed by atoms with van der Waals surface area (Å²) in [7, 11) is 3.97. The van der Waals surface area contributed by atoms with Gasteiger partial charge in [-0.2, -0.15) is 0 Å². The highest BCUT2D eigenvalue weighted by molar-refractivity contribution is 14.0. The van der Waals surface area contributed by atoms with Crippen molar-refractivity contribution in [2.24, 2.45) is 4.99 Å². The lowest BCUT2D eigenvalue weighted by Crippen LogP contribution is -2.36. The number of anilines is 1. The molecule has 2 N–H and O–H groups in total. The Bertz CT molecular complexity index is 877. The van der Waals surface area contributed by atoms with E-state index in [1.165, 1.54) is 0 Å². The number of hydrogen-bond donors (Lipinski definition) is 2. The van der Waals surface area contributed by atoms with Crippen molar-refractivity contribution in [3.05, 3.63) is 53.4 Å². The van der Waals surface area contributed by atoms with Crippen LogP contribution in [0.3, 0.4) is 0 Å². The Kier molecular flexibility index (Phi) is 8.71. The lowest BCUT2D eigenvalue weighted by atomic mass is 10.2. The number of hydrogen-bond acceptors (Lipinski definition) is 6. The smallest absolute Gasteiger partial charge is 0.226 e. The molecule has 0 aliphatic carbocycles. The van der Waals surface area contributed by atoms with E-state index in [1.807, 2.05) is 61.6 Å². The van der Waals surface area contributed by atoms with Gasteiger partial charge in [-0.1, -0.05) is 18.2 Å². The molecular weight excluding hydrogens is 487 g/mol. The van der Waals surface area contributed by atoms with Crippen LogP contribution < -0.4 is 15.5 Å². The highest BCUT2D eigenvalue weighted by Crippen LogP contribution is 2.19. The second kappa shape index (κ2) is 11.0. The average Bonchev–Trinajstić information content (AvgIpc) is 3.34. The third kappa shape index (κ3) is 6.20. The van der Waals surface area contributed by atoms with Gasteiger partial charge in [0.2, 0.25) is 5.89 Å². The van der Waals surface area contributed by atoms with Crippen LogP contribution in [-0.4, -0.2) is 36.6 Å². The summed E-state index contributed by atoms with van der Waals surface area (Å²) in [5.41, 5.74) is 2.74. The summed E-state index contributed by atoms with van der Waals surface area (Å²) in [6.45, 7) is 3.86. The first-order chi connectivity index (χ1) is 13.2. The van der Waals surface area contributed by atoms with E-state index in [9.17, 15) is 0 Å². The molecule has 1 aromatic carbocycles. The van der Waals surface area contributed by atoms with Gasteiger partial charge in [-0.05, 0) is 19.1 Å². The highest BCUT2D eigenvalue weighted by atomic mass is 127. The summed E-state index contributed by atoms with van der Waals surface area (Å²) in [6.07, 6.45) is 1.67. The van der Waals surface area contributed by atoms with E-state index in [0.717, 1.165) is 34.6 Å². The molecule has 2 heterocycles. The first-order valence-electron chi connectivity index (χ1n) is 8.79. The quantitative estimate of drug-likeness (QED) is 0.286. The van der Waals surface area contributed by atoms with E-state index >= 15 is 0 Å².